The first-order valence-corrected chi connectivity index (χ1v) is 17.9. The van der Waals surface area contributed by atoms with Gasteiger partial charge in [-0.15, -0.1) is 0 Å². The summed E-state index contributed by atoms with van der Waals surface area (Å²) in [5.41, 5.74) is 0. The van der Waals surface area contributed by atoms with Crippen LogP contribution in [0.15, 0.2) is 121 Å². The van der Waals surface area contributed by atoms with Gasteiger partial charge in [-0.1, -0.05) is 70.2 Å². The van der Waals surface area contributed by atoms with E-state index < -0.39 is 14.6 Å². The van der Waals surface area contributed by atoms with Crippen molar-refractivity contribution in [3.05, 3.63) is 121 Å². The Morgan fingerprint density at radius 1 is 0.405 bits per heavy atom. The molecule has 0 saturated heterocycles. The molecule has 0 aliphatic carbocycles. The molecule has 4 aromatic rings. The Balaban J connectivity index is 0.000000307. The van der Waals surface area contributed by atoms with Gasteiger partial charge >= 0.3 is 157 Å². The third-order valence-corrected chi connectivity index (χ3v) is 15.7. The average molecular weight is 605 g/mol. The number of benzene rings is 4. The van der Waals surface area contributed by atoms with E-state index in [2.05, 4.69) is 184 Å². The molecular formula is C36H51BO3P2. The van der Waals surface area contributed by atoms with Crippen molar-refractivity contribution in [1.29, 1.82) is 0 Å². The predicted octanol–water partition coefficient (Wildman–Crippen LogP) is 6.85. The van der Waals surface area contributed by atoms with Crippen LogP contribution in [0.25, 0.3) is 0 Å². The Bertz CT molecular complexity index is 1100. The zero-order valence-corrected chi connectivity index (χ0v) is 28.8. The van der Waals surface area contributed by atoms with E-state index in [0.717, 1.165) is 0 Å². The van der Waals surface area contributed by atoms with Crippen LogP contribution >= 0.6 is 15.2 Å². The van der Waals surface area contributed by atoms with E-state index in [0.29, 0.717) is 15.5 Å². The molecule has 0 spiro atoms. The average Bonchev–Trinajstić information content (AvgIpc) is 2.89. The van der Waals surface area contributed by atoms with Gasteiger partial charge in [0.25, 0.3) is 0 Å². The van der Waals surface area contributed by atoms with Crippen LogP contribution in [0.2, 0.25) is 0 Å². The molecule has 4 rings (SSSR count). The van der Waals surface area contributed by atoms with Crippen LogP contribution in [0.4, 0.5) is 0 Å². The Morgan fingerprint density at radius 3 is 0.690 bits per heavy atom. The Hall–Kier alpha value is -2.32. The minimum atomic E-state index is -2.30. The summed E-state index contributed by atoms with van der Waals surface area (Å²) in [6.45, 7) is 21.5. The van der Waals surface area contributed by atoms with Crippen LogP contribution in [0, 0.1) is 0 Å². The molecule has 0 aliphatic rings. The molecule has 0 aromatic heterocycles. The van der Waals surface area contributed by atoms with Crippen LogP contribution in [0.3, 0.4) is 0 Å². The van der Waals surface area contributed by atoms with Gasteiger partial charge in [-0.25, -0.2) is 0 Å². The third-order valence-electron chi connectivity index (χ3n) is 6.84. The Kier molecular flexibility index (Phi) is 13.2. The van der Waals surface area contributed by atoms with Gasteiger partial charge in [0.15, 0.2) is 0 Å². The molecule has 0 unspecified atom stereocenters. The Labute approximate surface area is 257 Å². The molecule has 3 nitrogen and oxygen atoms in total. The summed E-state index contributed by atoms with van der Waals surface area (Å²) >= 11 is 0. The second-order valence-electron chi connectivity index (χ2n) is 13.4. The summed E-state index contributed by atoms with van der Waals surface area (Å²) in [7, 11) is -4.45. The molecule has 0 fully saturated rings. The van der Waals surface area contributed by atoms with Crippen molar-refractivity contribution in [3.8, 4) is 0 Å². The number of rotatable bonds is 4. The van der Waals surface area contributed by atoms with Crippen molar-refractivity contribution in [3.63, 3.8) is 0 Å². The molecule has 6 heteroatoms. The molecule has 42 heavy (non-hydrogen) atoms. The van der Waals surface area contributed by atoms with E-state index in [1.807, 2.05) is 0 Å². The quantitative estimate of drug-likeness (QED) is 0.177. The van der Waals surface area contributed by atoms with Crippen molar-refractivity contribution >= 4 is 43.7 Å². The number of hydrogen-bond acceptors (Lipinski definition) is 3. The first-order valence-electron chi connectivity index (χ1n) is 14.6. The summed E-state index contributed by atoms with van der Waals surface area (Å²) in [6, 6.07) is 44.0. The van der Waals surface area contributed by atoms with Crippen molar-refractivity contribution in [2.45, 2.75) is 77.8 Å². The normalized spacial score (nSPS) is 12.4. The van der Waals surface area contributed by atoms with Gasteiger partial charge in [0, 0.05) is 0 Å². The van der Waals surface area contributed by atoms with Crippen molar-refractivity contribution < 1.29 is 15.1 Å². The van der Waals surface area contributed by atoms with E-state index in [1.54, 1.807) is 0 Å². The SMILES string of the molecule is CC(C)(C)P(C(C)(C)C)C(C)(C)C.OB(O)O.c1ccc([PH](c2ccccc2)(c2ccccc2)c2ccccc2)cc1. The number of hydrogen-bond donors (Lipinski definition) is 3. The van der Waals surface area contributed by atoms with Gasteiger partial charge in [0.05, 0.1) is 0 Å². The maximum atomic E-state index is 7.17. The fraction of sp³-hybridized carbons (Fsp3) is 0.333. The van der Waals surface area contributed by atoms with E-state index in [4.69, 9.17) is 15.1 Å². The van der Waals surface area contributed by atoms with E-state index in [1.165, 1.54) is 21.2 Å². The second kappa shape index (κ2) is 15.4. The zero-order valence-electron chi connectivity index (χ0n) is 26.9. The summed E-state index contributed by atoms with van der Waals surface area (Å²) in [5, 5.41) is 28.5. The minimum absolute atomic E-state index is 0.0162. The first-order chi connectivity index (χ1) is 19.5. The van der Waals surface area contributed by atoms with Gasteiger partial charge < -0.3 is 15.1 Å². The van der Waals surface area contributed by atoms with E-state index in [9.17, 15) is 0 Å². The van der Waals surface area contributed by atoms with Gasteiger partial charge in [0.1, 0.15) is 0 Å². The molecule has 0 aliphatic heterocycles. The molecule has 0 amide bonds. The summed E-state index contributed by atoms with van der Waals surface area (Å²) in [5.74, 6) is 0. The maximum absolute atomic E-state index is 7.17. The Morgan fingerprint density at radius 2 is 0.571 bits per heavy atom. The summed E-state index contributed by atoms with van der Waals surface area (Å²) in [4.78, 5) is 0. The van der Waals surface area contributed by atoms with Crippen molar-refractivity contribution in [2.24, 2.45) is 0 Å². The molecule has 226 valence electrons. The topological polar surface area (TPSA) is 60.7 Å². The molecule has 3 N–H and O–H groups in total. The van der Waals surface area contributed by atoms with Gasteiger partial charge in [-0.3, -0.25) is 0 Å². The van der Waals surface area contributed by atoms with Crippen molar-refractivity contribution in [2.75, 3.05) is 0 Å². The van der Waals surface area contributed by atoms with Crippen molar-refractivity contribution in [1.82, 2.24) is 0 Å². The van der Waals surface area contributed by atoms with Crippen LogP contribution < -0.4 is 21.2 Å². The van der Waals surface area contributed by atoms with Gasteiger partial charge in [0.2, 0.25) is 0 Å². The molecule has 0 saturated carbocycles. The summed E-state index contributed by atoms with van der Waals surface area (Å²) in [6.07, 6.45) is 0. The fourth-order valence-electron chi connectivity index (χ4n) is 6.77. The standard InChI is InChI=1S/C24H21P.C12H27P.BH3O3/c1-5-13-21(14-6-1)25(22-15-7-2-8-16-22,23-17-9-3-10-18-23)24-19-11-4-12-20-24;1-10(2,3)13(11(4,5)6)12(7,8)9;2-1(3)4/h1-20,25H;1-9H3;2-4H. The first kappa shape index (κ1) is 35.9. The van der Waals surface area contributed by atoms with Crippen LogP contribution in [-0.2, 0) is 0 Å². The third kappa shape index (κ3) is 9.87. The predicted molar refractivity (Wildman–Crippen MR) is 191 cm³/mol. The summed E-state index contributed by atoms with van der Waals surface area (Å²) < 4.78 is 0. The fourth-order valence-corrected chi connectivity index (χ4v) is 17.6. The molecule has 0 bridgehead atoms. The van der Waals surface area contributed by atoms with Crippen LogP contribution in [0.5, 0.6) is 0 Å². The zero-order chi connectivity index (χ0) is 31.6. The molecule has 4 aromatic carbocycles. The van der Waals surface area contributed by atoms with Crippen LogP contribution in [0.1, 0.15) is 62.3 Å². The van der Waals surface area contributed by atoms with Crippen LogP contribution in [-0.4, -0.2) is 37.9 Å². The second-order valence-corrected chi connectivity index (χ2v) is 21.9. The molecule has 0 atom stereocenters. The molecular weight excluding hydrogens is 553 g/mol. The molecule has 0 radical (unpaired) electrons. The van der Waals surface area contributed by atoms with Gasteiger partial charge in [-0.2, -0.15) is 0 Å². The monoisotopic (exact) mass is 604 g/mol. The molecule has 0 heterocycles. The van der Waals surface area contributed by atoms with Gasteiger partial charge in [-0.05, 0) is 15.5 Å². The van der Waals surface area contributed by atoms with E-state index in [-0.39, 0.29) is 7.92 Å². The van der Waals surface area contributed by atoms with E-state index >= 15 is 0 Å².